The summed E-state index contributed by atoms with van der Waals surface area (Å²) in [4.78, 5) is 112. The molecule has 1 saturated carbocycles. The van der Waals surface area contributed by atoms with Crippen LogP contribution < -0.4 is 26.2 Å². The predicted molar refractivity (Wildman–Crippen MR) is 299 cm³/mol. The number of hydrogen-bond acceptors (Lipinski definition) is 15. The summed E-state index contributed by atoms with van der Waals surface area (Å²) < 4.78 is 0. The van der Waals surface area contributed by atoms with Gasteiger partial charge in [0.05, 0.1) is 29.4 Å². The lowest BCUT2D eigenvalue weighted by Crippen LogP contribution is -2.57. The molecular weight excluding hydrogens is 967 g/mol. The number of likely N-dealkylation sites (tertiary alicyclic amines) is 2. The van der Waals surface area contributed by atoms with Crippen molar-refractivity contribution in [3.8, 4) is 0 Å². The number of nitrogens with two attached hydrogens (primary N) is 1. The number of anilines is 2. The molecule has 5 heterocycles. The first-order chi connectivity index (χ1) is 36.8. The van der Waals surface area contributed by atoms with Gasteiger partial charge in [-0.15, -0.1) is 0 Å². The van der Waals surface area contributed by atoms with Crippen molar-refractivity contribution in [2.45, 2.75) is 110 Å². The van der Waals surface area contributed by atoms with Gasteiger partial charge >= 0.3 is 6.03 Å². The fraction of sp³-hybridized carbons (Fsp3) is 0.571. The first kappa shape index (κ1) is 60.2. The molecule has 0 spiro atoms. The largest absolute Gasteiger partial charge is 0.369 e. The molecule has 0 radical (unpaired) electrons. The van der Waals surface area contributed by atoms with E-state index in [-0.39, 0.29) is 35.3 Å². The first-order valence-corrected chi connectivity index (χ1v) is 27.1. The number of benzene rings is 1. The van der Waals surface area contributed by atoms with Crippen molar-refractivity contribution in [3.63, 3.8) is 0 Å². The Kier molecular flexibility index (Phi) is 24.4. The summed E-state index contributed by atoms with van der Waals surface area (Å²) in [5.74, 6) is -0.203. The number of nitrogens with one attached hydrogen (secondary N) is 2. The SMILES string of the molecule is C=N/C=C(/C(C)=C(/C(C)=O)C(=O)NC=Nc1ccc(N2CCN(C3CCN(C(=O)N4CCC(N5CCN(c6ccc(C=O)c(C(=O)N(C)C(C)CCC)c6)CC5)CC4)CC3)CC2)cn1)C1CCCC1.CN.O=CNC=O. The Hall–Kier alpha value is -6.64. The van der Waals surface area contributed by atoms with E-state index in [0.29, 0.717) is 47.4 Å². The molecule has 5 fully saturated rings. The van der Waals surface area contributed by atoms with Crippen molar-refractivity contribution in [2.75, 3.05) is 102 Å². The van der Waals surface area contributed by atoms with Crippen molar-refractivity contribution in [3.05, 3.63) is 70.6 Å². The maximum Gasteiger partial charge on any atom is 0.320 e. The van der Waals surface area contributed by atoms with Gasteiger partial charge in [0, 0.05) is 121 Å². The van der Waals surface area contributed by atoms with E-state index in [0.717, 1.165) is 166 Å². The fourth-order valence-electron chi connectivity index (χ4n) is 11.2. The van der Waals surface area contributed by atoms with Crippen LogP contribution in [0, 0.1) is 5.92 Å². The monoisotopic (exact) mass is 1050 g/mol. The lowest BCUT2D eigenvalue weighted by molar-refractivity contribution is -0.121. The zero-order valence-corrected chi connectivity index (χ0v) is 45.8. The van der Waals surface area contributed by atoms with E-state index in [1.807, 2.05) is 44.4 Å². The second kappa shape index (κ2) is 30.8. The average molecular weight is 1050 g/mol. The normalized spacial score (nSPS) is 19.1. The van der Waals surface area contributed by atoms with Gasteiger partial charge in [-0.25, -0.2) is 14.8 Å². The number of nitrogens with zero attached hydrogens (tertiary/aromatic N) is 10. The van der Waals surface area contributed by atoms with E-state index < -0.39 is 5.91 Å². The number of aromatic nitrogens is 1. The summed E-state index contributed by atoms with van der Waals surface area (Å²) in [7, 11) is 3.32. The highest BCUT2D eigenvalue weighted by Crippen LogP contribution is 2.36. The molecule has 7 rings (SSSR count). The Morgan fingerprint density at radius 2 is 1.33 bits per heavy atom. The average Bonchev–Trinajstić information content (AvgIpc) is 4.00. The molecule has 1 unspecified atom stereocenters. The summed E-state index contributed by atoms with van der Waals surface area (Å²) in [5, 5.41) is 4.42. The maximum atomic E-state index is 13.7. The molecule has 2 aromatic rings. The number of amides is 6. The minimum atomic E-state index is -0.504. The molecule has 1 atom stereocenters. The van der Waals surface area contributed by atoms with E-state index >= 15 is 0 Å². The number of piperidine rings is 2. The van der Waals surface area contributed by atoms with Crippen molar-refractivity contribution >= 4 is 73.0 Å². The van der Waals surface area contributed by atoms with E-state index in [9.17, 15) is 24.0 Å². The van der Waals surface area contributed by atoms with E-state index in [4.69, 9.17) is 9.59 Å². The van der Waals surface area contributed by atoms with Crippen molar-refractivity contribution in [2.24, 2.45) is 21.6 Å². The molecular formula is C56H83N13O7. The van der Waals surface area contributed by atoms with Gasteiger partial charge in [-0.1, -0.05) is 26.2 Å². The highest BCUT2D eigenvalue weighted by molar-refractivity contribution is 6.21. The molecule has 1 aromatic heterocycles. The summed E-state index contributed by atoms with van der Waals surface area (Å²) in [6.07, 6.45) is 16.3. The van der Waals surface area contributed by atoms with Gasteiger partial charge in [0.2, 0.25) is 12.8 Å². The zero-order chi connectivity index (χ0) is 55.1. The molecule has 5 aliphatic rings. The molecule has 6 amide bonds. The fourth-order valence-corrected chi connectivity index (χ4v) is 11.2. The smallest absolute Gasteiger partial charge is 0.320 e. The number of piperazine rings is 2. The molecule has 76 heavy (non-hydrogen) atoms. The number of aldehydes is 1. The van der Waals surface area contributed by atoms with Crippen LogP contribution in [0.2, 0.25) is 0 Å². The number of pyridine rings is 1. The van der Waals surface area contributed by atoms with Crippen LogP contribution in [0.3, 0.4) is 0 Å². The minimum Gasteiger partial charge on any atom is -0.369 e. The Balaban J connectivity index is 0.00000144. The molecule has 4 saturated heterocycles. The minimum absolute atomic E-state index is 0.0989. The maximum absolute atomic E-state index is 13.7. The molecule has 0 bridgehead atoms. The molecule has 20 heteroatoms. The second-order valence-electron chi connectivity index (χ2n) is 20.0. The summed E-state index contributed by atoms with van der Waals surface area (Å²) in [6.45, 7) is 21.3. The van der Waals surface area contributed by atoms with Crippen LogP contribution in [-0.4, -0.2) is 196 Å². The van der Waals surface area contributed by atoms with Gasteiger partial charge in [-0.05, 0) is 127 Å². The van der Waals surface area contributed by atoms with Gasteiger partial charge < -0.3 is 40.9 Å². The first-order valence-electron chi connectivity index (χ1n) is 27.1. The topological polar surface area (TPSA) is 230 Å². The van der Waals surface area contributed by atoms with E-state index in [2.05, 4.69) is 76.0 Å². The van der Waals surface area contributed by atoms with E-state index in [1.165, 1.54) is 20.3 Å². The molecule has 414 valence electrons. The second-order valence-corrected chi connectivity index (χ2v) is 20.0. The number of imide groups is 1. The lowest BCUT2D eigenvalue weighted by Gasteiger charge is -2.45. The Bertz CT molecular complexity index is 2350. The van der Waals surface area contributed by atoms with Crippen molar-refractivity contribution < 1.29 is 33.6 Å². The standard InChI is InChI=1S/C53H75N11O5.C2H3NO2.CH5N/c1-7-10-38(2)58(6)52(68)47-33-45(14-13-42(47)36-65)61-29-25-59(26-30-61)43-17-21-63(22-18-43)53(69)64-23-19-44(20-24-64)60-27-31-62(32-28-60)46-15-16-49(55-34-46)56-37-57-51(67)50(40(4)66)39(3)48(35-54-5)41-11-8-9-12-41;4-1-3-2-5;1-2/h13-16,33-38,41,43-44H,5,7-12,17-32H2,1-4,6H3,(H,55,56,57,67);1-2H,(H,3,4,5);2H2,1H3/b48-35-,50-39-;;. The number of rotatable bonds is 18. The third-order valence-electron chi connectivity index (χ3n) is 15.6. The number of aliphatic imine (C=N–C) groups is 2. The highest BCUT2D eigenvalue weighted by Gasteiger charge is 2.35. The van der Waals surface area contributed by atoms with Crippen molar-refractivity contribution in [1.29, 1.82) is 0 Å². The van der Waals surface area contributed by atoms with Gasteiger partial charge in [-0.3, -0.25) is 43.6 Å². The third-order valence-corrected chi connectivity index (χ3v) is 15.6. The predicted octanol–water partition coefficient (Wildman–Crippen LogP) is 5.07. The Labute approximate surface area is 449 Å². The number of carbonyl (C=O) groups excluding carboxylic acids is 7. The van der Waals surface area contributed by atoms with Gasteiger partial charge in [0.15, 0.2) is 17.9 Å². The highest BCUT2D eigenvalue weighted by atomic mass is 16.2. The quantitative estimate of drug-likeness (QED) is 0.0338. The number of urea groups is 1. The van der Waals surface area contributed by atoms with Crippen LogP contribution in [0.1, 0.15) is 113 Å². The van der Waals surface area contributed by atoms with Crippen LogP contribution >= 0.6 is 0 Å². The van der Waals surface area contributed by atoms with Gasteiger partial charge in [-0.2, -0.15) is 0 Å². The van der Waals surface area contributed by atoms with Crippen LogP contribution in [0.25, 0.3) is 0 Å². The summed E-state index contributed by atoms with van der Waals surface area (Å²) in [5.41, 5.74) is 9.04. The van der Waals surface area contributed by atoms with Crippen LogP contribution in [0.4, 0.5) is 22.0 Å². The lowest BCUT2D eigenvalue weighted by atomic mass is 9.88. The number of allylic oxidation sites excluding steroid dienone is 2. The number of carbonyl (C=O) groups is 7. The Morgan fingerprint density at radius 1 is 0.789 bits per heavy atom. The van der Waals surface area contributed by atoms with Crippen molar-refractivity contribution in [1.82, 2.24) is 40.1 Å². The number of ketones is 1. The number of Topliss-reactive ketones (excluding diaryl/α,β-unsaturated/α-hetero) is 1. The zero-order valence-electron chi connectivity index (χ0n) is 45.8. The van der Waals surface area contributed by atoms with Gasteiger partial charge in [0.1, 0.15) is 0 Å². The third kappa shape index (κ3) is 16.2. The van der Waals surface area contributed by atoms with Crippen LogP contribution in [0.15, 0.2) is 69.4 Å². The van der Waals surface area contributed by atoms with E-state index in [1.54, 1.807) is 22.5 Å². The van der Waals surface area contributed by atoms with Gasteiger partial charge in [0.25, 0.3) is 11.8 Å². The summed E-state index contributed by atoms with van der Waals surface area (Å²) in [6, 6.07) is 10.7. The molecule has 1 aliphatic carbocycles. The Morgan fingerprint density at radius 3 is 1.79 bits per heavy atom. The summed E-state index contributed by atoms with van der Waals surface area (Å²) >= 11 is 0. The molecule has 1 aromatic carbocycles. The molecule has 4 N–H and O–H groups in total. The molecule has 20 nitrogen and oxygen atoms in total. The number of hydrogen-bond donors (Lipinski definition) is 3. The van der Waals surface area contributed by atoms with Crippen LogP contribution in [0.5, 0.6) is 0 Å². The van der Waals surface area contributed by atoms with Crippen LogP contribution in [-0.2, 0) is 19.2 Å². The molecule has 4 aliphatic heterocycles.